The van der Waals surface area contributed by atoms with Gasteiger partial charge in [0, 0.05) is 13.1 Å². The lowest BCUT2D eigenvalue weighted by Gasteiger charge is -2.25. The van der Waals surface area contributed by atoms with Crippen LogP contribution in [0.3, 0.4) is 0 Å². The van der Waals surface area contributed by atoms with E-state index in [9.17, 15) is 14.7 Å². The van der Waals surface area contributed by atoms with Gasteiger partial charge in [-0.3, -0.25) is 4.79 Å². The largest absolute Gasteiger partial charge is 0.478 e. The van der Waals surface area contributed by atoms with Crippen LogP contribution in [0.5, 0.6) is 0 Å². The third-order valence-corrected chi connectivity index (χ3v) is 3.83. The molecule has 0 spiro atoms. The molecule has 1 heterocycles. The Bertz CT molecular complexity index is 727. The average molecular weight is 296 g/mol. The fourth-order valence-electron chi connectivity index (χ4n) is 2.73. The fourth-order valence-corrected chi connectivity index (χ4v) is 2.73. The van der Waals surface area contributed by atoms with Gasteiger partial charge in [-0.1, -0.05) is 36.4 Å². The highest BCUT2D eigenvalue weighted by atomic mass is 16.4. The van der Waals surface area contributed by atoms with Gasteiger partial charge in [0.25, 0.3) is 0 Å². The molecule has 0 radical (unpaired) electrons. The maximum absolute atomic E-state index is 12.6. The summed E-state index contributed by atoms with van der Waals surface area (Å²) in [4.78, 5) is 23.8. The van der Waals surface area contributed by atoms with Gasteiger partial charge in [-0.25, -0.2) is 4.79 Å². The molecular weight excluding hydrogens is 280 g/mol. The number of hydrogen-bond acceptors (Lipinski definition) is 3. The third kappa shape index (κ3) is 2.71. The van der Waals surface area contributed by atoms with Crippen LogP contribution in [0.25, 0.3) is 0 Å². The Balaban J connectivity index is 1.86. The van der Waals surface area contributed by atoms with Crippen molar-refractivity contribution in [2.24, 2.45) is 0 Å². The standard InChI is InChI=1S/C17H16N2O3/c20-16(19-15-8-4-3-7-13(15)17(21)22)14-10-18-9-11-5-1-2-6-12(11)14/h1-8,14,18H,9-10H2,(H,19,20)(H,21,22). The Labute approximate surface area is 128 Å². The molecule has 5 nitrogen and oxygen atoms in total. The van der Waals surface area contributed by atoms with Crippen LogP contribution in [0, 0.1) is 0 Å². The van der Waals surface area contributed by atoms with Gasteiger partial charge >= 0.3 is 5.97 Å². The third-order valence-electron chi connectivity index (χ3n) is 3.83. The Morgan fingerprint density at radius 3 is 2.64 bits per heavy atom. The molecule has 0 bridgehead atoms. The SMILES string of the molecule is O=C(O)c1ccccc1NC(=O)C1CNCc2ccccc21. The van der Waals surface area contributed by atoms with E-state index in [0.717, 1.165) is 17.7 Å². The molecule has 1 aliphatic rings. The van der Waals surface area contributed by atoms with E-state index in [0.29, 0.717) is 12.2 Å². The number of carbonyl (C=O) groups is 2. The summed E-state index contributed by atoms with van der Waals surface area (Å²) >= 11 is 0. The zero-order chi connectivity index (χ0) is 15.5. The summed E-state index contributed by atoms with van der Waals surface area (Å²) in [5.74, 6) is -1.58. The Morgan fingerprint density at radius 1 is 1.09 bits per heavy atom. The quantitative estimate of drug-likeness (QED) is 0.811. The van der Waals surface area contributed by atoms with E-state index in [2.05, 4.69) is 10.6 Å². The molecule has 5 heteroatoms. The number of benzene rings is 2. The highest BCUT2D eigenvalue weighted by Gasteiger charge is 2.26. The topological polar surface area (TPSA) is 78.4 Å². The number of aromatic carboxylic acids is 1. The molecule has 3 rings (SSSR count). The summed E-state index contributed by atoms with van der Waals surface area (Å²) in [5.41, 5.74) is 2.50. The van der Waals surface area contributed by atoms with Crippen molar-refractivity contribution in [3.05, 3.63) is 65.2 Å². The van der Waals surface area contributed by atoms with E-state index in [-0.39, 0.29) is 17.4 Å². The molecule has 1 amide bonds. The summed E-state index contributed by atoms with van der Waals surface area (Å²) < 4.78 is 0. The van der Waals surface area contributed by atoms with Gasteiger partial charge in [-0.15, -0.1) is 0 Å². The van der Waals surface area contributed by atoms with Crippen molar-refractivity contribution in [2.45, 2.75) is 12.5 Å². The lowest BCUT2D eigenvalue weighted by Crippen LogP contribution is -2.35. The summed E-state index contributed by atoms with van der Waals surface area (Å²) in [6.07, 6.45) is 0. The first-order chi connectivity index (χ1) is 10.7. The van der Waals surface area contributed by atoms with Crippen LogP contribution < -0.4 is 10.6 Å². The van der Waals surface area contributed by atoms with Crippen LogP contribution in [0.4, 0.5) is 5.69 Å². The molecule has 112 valence electrons. The van der Waals surface area contributed by atoms with E-state index in [1.807, 2.05) is 24.3 Å². The minimum absolute atomic E-state index is 0.0907. The van der Waals surface area contributed by atoms with Crippen molar-refractivity contribution < 1.29 is 14.7 Å². The van der Waals surface area contributed by atoms with Gasteiger partial charge in [0.05, 0.1) is 17.2 Å². The molecule has 3 N–H and O–H groups in total. The van der Waals surface area contributed by atoms with Crippen molar-refractivity contribution in [3.63, 3.8) is 0 Å². The number of carbonyl (C=O) groups excluding carboxylic acids is 1. The molecule has 22 heavy (non-hydrogen) atoms. The predicted octanol–water partition coefficient (Wildman–Crippen LogP) is 2.21. The number of hydrogen-bond donors (Lipinski definition) is 3. The number of para-hydroxylation sites is 1. The van der Waals surface area contributed by atoms with Crippen LogP contribution >= 0.6 is 0 Å². The number of carboxylic acids is 1. The van der Waals surface area contributed by atoms with E-state index in [1.54, 1.807) is 18.2 Å². The summed E-state index contributed by atoms with van der Waals surface area (Å²) in [6.45, 7) is 1.28. The summed E-state index contributed by atoms with van der Waals surface area (Å²) in [5, 5.41) is 15.1. The van der Waals surface area contributed by atoms with E-state index >= 15 is 0 Å². The highest BCUT2D eigenvalue weighted by Crippen LogP contribution is 2.26. The molecule has 0 saturated heterocycles. The van der Waals surface area contributed by atoms with Crippen LogP contribution in [0.2, 0.25) is 0 Å². The van der Waals surface area contributed by atoms with Gasteiger partial charge in [0.2, 0.25) is 5.91 Å². The van der Waals surface area contributed by atoms with Crippen LogP contribution in [0.15, 0.2) is 48.5 Å². The Morgan fingerprint density at radius 2 is 1.82 bits per heavy atom. The smallest absolute Gasteiger partial charge is 0.337 e. The monoisotopic (exact) mass is 296 g/mol. The van der Waals surface area contributed by atoms with E-state index in [4.69, 9.17) is 0 Å². The first kappa shape index (κ1) is 14.3. The number of rotatable bonds is 3. The Hall–Kier alpha value is -2.66. The number of nitrogens with one attached hydrogen (secondary N) is 2. The van der Waals surface area contributed by atoms with Crippen molar-refractivity contribution >= 4 is 17.6 Å². The minimum atomic E-state index is -1.06. The molecule has 1 atom stereocenters. The zero-order valence-electron chi connectivity index (χ0n) is 11.9. The number of carboxylic acid groups (broad SMARTS) is 1. The van der Waals surface area contributed by atoms with Crippen LogP contribution in [-0.2, 0) is 11.3 Å². The van der Waals surface area contributed by atoms with Crippen LogP contribution in [0.1, 0.15) is 27.4 Å². The zero-order valence-corrected chi connectivity index (χ0v) is 11.9. The molecule has 0 aromatic heterocycles. The molecule has 0 saturated carbocycles. The molecule has 0 fully saturated rings. The predicted molar refractivity (Wildman–Crippen MR) is 82.9 cm³/mol. The molecule has 1 aliphatic heterocycles. The number of amides is 1. The second kappa shape index (κ2) is 5.99. The van der Waals surface area contributed by atoms with Gasteiger partial charge in [-0.05, 0) is 23.3 Å². The molecule has 0 aliphatic carbocycles. The maximum Gasteiger partial charge on any atom is 0.337 e. The molecular formula is C17H16N2O3. The minimum Gasteiger partial charge on any atom is -0.478 e. The second-order valence-electron chi connectivity index (χ2n) is 5.22. The lowest BCUT2D eigenvalue weighted by atomic mass is 9.90. The van der Waals surface area contributed by atoms with Gasteiger partial charge < -0.3 is 15.7 Å². The molecule has 2 aromatic carbocycles. The van der Waals surface area contributed by atoms with Gasteiger partial charge in [-0.2, -0.15) is 0 Å². The van der Waals surface area contributed by atoms with Gasteiger partial charge in [0.15, 0.2) is 0 Å². The first-order valence-electron chi connectivity index (χ1n) is 7.08. The van der Waals surface area contributed by atoms with E-state index < -0.39 is 5.97 Å². The van der Waals surface area contributed by atoms with E-state index in [1.165, 1.54) is 6.07 Å². The molecule has 1 unspecified atom stereocenters. The van der Waals surface area contributed by atoms with Crippen molar-refractivity contribution in [2.75, 3.05) is 11.9 Å². The highest BCUT2D eigenvalue weighted by molar-refractivity contribution is 6.02. The lowest BCUT2D eigenvalue weighted by molar-refractivity contribution is -0.117. The van der Waals surface area contributed by atoms with Crippen molar-refractivity contribution in [1.29, 1.82) is 0 Å². The van der Waals surface area contributed by atoms with Crippen molar-refractivity contribution in [1.82, 2.24) is 5.32 Å². The average Bonchev–Trinajstić information content (AvgIpc) is 2.54. The maximum atomic E-state index is 12.6. The normalized spacial score (nSPS) is 16.6. The summed E-state index contributed by atoms with van der Waals surface area (Å²) in [7, 11) is 0. The number of fused-ring (bicyclic) bond motifs is 1. The second-order valence-corrected chi connectivity index (χ2v) is 5.22. The van der Waals surface area contributed by atoms with Crippen molar-refractivity contribution in [3.8, 4) is 0 Å². The number of anilines is 1. The molecule has 2 aromatic rings. The summed E-state index contributed by atoms with van der Waals surface area (Å²) in [6, 6.07) is 14.2. The Kier molecular flexibility index (Phi) is 3.89. The first-order valence-corrected chi connectivity index (χ1v) is 7.08. The van der Waals surface area contributed by atoms with Gasteiger partial charge in [0.1, 0.15) is 0 Å². The fraction of sp³-hybridized carbons (Fsp3) is 0.176. The van der Waals surface area contributed by atoms with Crippen LogP contribution in [-0.4, -0.2) is 23.5 Å².